The normalized spacial score (nSPS) is 16.0. The van der Waals surface area contributed by atoms with Crippen LogP contribution in [0.2, 0.25) is 0 Å². The van der Waals surface area contributed by atoms with Gasteiger partial charge in [0.05, 0.1) is 22.3 Å². The van der Waals surface area contributed by atoms with Crippen LogP contribution in [-0.2, 0) is 5.67 Å². The van der Waals surface area contributed by atoms with Crippen molar-refractivity contribution < 1.29 is 27.5 Å². The van der Waals surface area contributed by atoms with Gasteiger partial charge in [-0.3, -0.25) is 4.79 Å². The number of anilines is 1. The number of halogens is 4. The minimum atomic E-state index is -2.13. The van der Waals surface area contributed by atoms with E-state index in [1.807, 2.05) is 0 Å². The molecule has 0 atom stereocenters. The van der Waals surface area contributed by atoms with Crippen LogP contribution in [0, 0.1) is 17.5 Å². The Kier molecular flexibility index (Phi) is 2.75. The zero-order valence-electron chi connectivity index (χ0n) is 10.8. The number of aromatic carboxylic acids is 1. The van der Waals surface area contributed by atoms with Crippen LogP contribution in [0.25, 0.3) is 10.9 Å². The van der Waals surface area contributed by atoms with Gasteiger partial charge in [0.15, 0.2) is 23.1 Å². The van der Waals surface area contributed by atoms with E-state index in [-0.39, 0.29) is 12.8 Å². The van der Waals surface area contributed by atoms with Crippen molar-refractivity contribution in [2.75, 3.05) is 5.73 Å². The van der Waals surface area contributed by atoms with Crippen LogP contribution >= 0.6 is 0 Å². The van der Waals surface area contributed by atoms with Gasteiger partial charge in [0, 0.05) is 0 Å². The van der Waals surface area contributed by atoms with Crippen LogP contribution in [-0.4, -0.2) is 16.1 Å². The molecular weight excluding hydrogens is 308 g/mol. The van der Waals surface area contributed by atoms with E-state index in [1.54, 1.807) is 0 Å². The molecular formula is C13H8F4N2O3. The largest absolute Gasteiger partial charge is 0.477 e. The Hall–Kier alpha value is -2.58. The Morgan fingerprint density at radius 1 is 1.18 bits per heavy atom. The highest BCUT2D eigenvalue weighted by molar-refractivity contribution is 5.98. The first-order chi connectivity index (χ1) is 10.2. The van der Waals surface area contributed by atoms with Gasteiger partial charge in [-0.05, 0) is 12.8 Å². The fraction of sp³-hybridized carbons (Fsp3) is 0.231. The zero-order valence-corrected chi connectivity index (χ0v) is 10.8. The molecule has 9 heteroatoms. The number of rotatable bonds is 2. The Balaban J connectivity index is 2.57. The van der Waals surface area contributed by atoms with E-state index in [4.69, 9.17) is 10.8 Å². The molecule has 22 heavy (non-hydrogen) atoms. The van der Waals surface area contributed by atoms with Crippen molar-refractivity contribution in [3.05, 3.63) is 38.9 Å². The summed E-state index contributed by atoms with van der Waals surface area (Å²) in [5.41, 5.74) is -1.80. The number of alkyl halides is 1. The summed E-state index contributed by atoms with van der Waals surface area (Å²) in [5.74, 6) is -7.27. The van der Waals surface area contributed by atoms with Crippen molar-refractivity contribution in [1.29, 1.82) is 0 Å². The Bertz CT molecular complexity index is 903. The second-order valence-electron chi connectivity index (χ2n) is 5.08. The topological polar surface area (TPSA) is 96.2 Å². The van der Waals surface area contributed by atoms with Crippen molar-refractivity contribution in [3.8, 4) is 0 Å². The molecule has 2 aromatic rings. The molecule has 0 saturated heterocycles. The van der Waals surface area contributed by atoms with Gasteiger partial charge in [-0.1, -0.05) is 0 Å². The summed E-state index contributed by atoms with van der Waals surface area (Å²) in [5, 5.41) is 8.23. The molecule has 0 amide bonds. The van der Waals surface area contributed by atoms with Crippen molar-refractivity contribution in [3.63, 3.8) is 0 Å². The molecule has 1 saturated carbocycles. The Labute approximate surface area is 119 Å². The summed E-state index contributed by atoms with van der Waals surface area (Å²) in [7, 11) is 0. The maximum atomic E-state index is 14.2. The number of nitrogen functional groups attached to an aromatic ring is 1. The average molecular weight is 316 g/mol. The fourth-order valence-electron chi connectivity index (χ4n) is 2.36. The quantitative estimate of drug-likeness (QED) is 0.449. The highest BCUT2D eigenvalue weighted by Crippen LogP contribution is 2.50. The van der Waals surface area contributed by atoms with E-state index >= 15 is 0 Å². The summed E-state index contributed by atoms with van der Waals surface area (Å²) in [6, 6.07) is 0. The summed E-state index contributed by atoms with van der Waals surface area (Å²) in [6.07, 6.45) is -0.148. The molecule has 0 spiro atoms. The molecule has 5 nitrogen and oxygen atoms in total. The number of hydrogen-bond acceptors (Lipinski definition) is 3. The monoisotopic (exact) mass is 316 g/mol. The van der Waals surface area contributed by atoms with Gasteiger partial charge in [0.2, 0.25) is 5.43 Å². The third kappa shape index (κ3) is 1.71. The second-order valence-corrected chi connectivity index (χ2v) is 5.08. The first-order valence-electron chi connectivity index (χ1n) is 6.13. The molecule has 1 aliphatic carbocycles. The third-order valence-electron chi connectivity index (χ3n) is 3.67. The number of H-pyrrole nitrogens is 1. The first kappa shape index (κ1) is 14.4. The molecule has 0 aliphatic heterocycles. The average Bonchev–Trinajstić information content (AvgIpc) is 3.20. The molecule has 1 aromatic carbocycles. The molecule has 116 valence electrons. The van der Waals surface area contributed by atoms with Crippen LogP contribution in [0.3, 0.4) is 0 Å². The predicted molar refractivity (Wildman–Crippen MR) is 67.8 cm³/mol. The molecule has 1 fully saturated rings. The molecule has 4 N–H and O–H groups in total. The van der Waals surface area contributed by atoms with Crippen LogP contribution in [0.4, 0.5) is 23.2 Å². The lowest BCUT2D eigenvalue weighted by Crippen LogP contribution is -2.24. The van der Waals surface area contributed by atoms with Gasteiger partial charge in [-0.2, -0.15) is 0 Å². The highest BCUT2D eigenvalue weighted by atomic mass is 19.2. The van der Waals surface area contributed by atoms with Gasteiger partial charge in [-0.15, -0.1) is 0 Å². The van der Waals surface area contributed by atoms with E-state index < -0.39 is 62.4 Å². The standard InChI is InChI=1S/C13H8F4N2O3/c14-5-6(15)8(18)3-9(7(5)16)19-11(13(17)1-2-13)4(10(3)20)12(21)22/h1-2,18H2,(H,19,20)(H,21,22). The fourth-order valence-corrected chi connectivity index (χ4v) is 2.36. The van der Waals surface area contributed by atoms with Crippen LogP contribution < -0.4 is 11.2 Å². The second kappa shape index (κ2) is 4.21. The van der Waals surface area contributed by atoms with Crippen molar-refractivity contribution in [1.82, 2.24) is 4.98 Å². The lowest BCUT2D eigenvalue weighted by molar-refractivity contribution is 0.0690. The summed E-state index contributed by atoms with van der Waals surface area (Å²) in [6.45, 7) is 0. The number of nitrogens with two attached hydrogens (primary N) is 1. The van der Waals surface area contributed by atoms with Crippen molar-refractivity contribution in [2.45, 2.75) is 18.5 Å². The number of nitrogens with one attached hydrogen (secondary N) is 1. The number of aromatic nitrogens is 1. The third-order valence-corrected chi connectivity index (χ3v) is 3.67. The summed E-state index contributed by atoms with van der Waals surface area (Å²) >= 11 is 0. The number of hydrogen-bond donors (Lipinski definition) is 3. The molecule has 0 unspecified atom stereocenters. The minimum absolute atomic E-state index is 0.0739. The van der Waals surface area contributed by atoms with E-state index in [0.29, 0.717) is 0 Å². The minimum Gasteiger partial charge on any atom is -0.477 e. The van der Waals surface area contributed by atoms with E-state index in [1.165, 1.54) is 0 Å². The Morgan fingerprint density at radius 2 is 1.77 bits per heavy atom. The van der Waals surface area contributed by atoms with E-state index in [9.17, 15) is 27.2 Å². The van der Waals surface area contributed by atoms with Gasteiger partial charge in [0.1, 0.15) is 5.56 Å². The van der Waals surface area contributed by atoms with Gasteiger partial charge < -0.3 is 15.8 Å². The smallest absolute Gasteiger partial charge is 0.341 e. The number of aromatic amines is 1. The number of carboxylic acids is 1. The van der Waals surface area contributed by atoms with E-state index in [2.05, 4.69) is 4.98 Å². The maximum absolute atomic E-state index is 14.2. The number of pyridine rings is 1. The summed E-state index contributed by atoms with van der Waals surface area (Å²) < 4.78 is 54.9. The molecule has 1 aliphatic rings. The zero-order chi connectivity index (χ0) is 16.4. The predicted octanol–water partition coefficient (Wildman–Crippen LogP) is 2.18. The molecule has 1 heterocycles. The van der Waals surface area contributed by atoms with Crippen LogP contribution in [0.5, 0.6) is 0 Å². The van der Waals surface area contributed by atoms with Crippen LogP contribution in [0.15, 0.2) is 4.79 Å². The molecule has 0 radical (unpaired) electrons. The number of fused-ring (bicyclic) bond motifs is 1. The first-order valence-corrected chi connectivity index (χ1v) is 6.13. The van der Waals surface area contributed by atoms with Gasteiger partial charge >= 0.3 is 5.97 Å². The molecule has 1 aromatic heterocycles. The number of benzene rings is 1. The molecule has 3 rings (SSSR count). The van der Waals surface area contributed by atoms with Gasteiger partial charge in [-0.25, -0.2) is 22.4 Å². The van der Waals surface area contributed by atoms with Gasteiger partial charge in [0.25, 0.3) is 0 Å². The van der Waals surface area contributed by atoms with E-state index in [0.717, 1.165) is 0 Å². The summed E-state index contributed by atoms with van der Waals surface area (Å²) in [4.78, 5) is 25.5. The maximum Gasteiger partial charge on any atom is 0.341 e. The molecule has 0 bridgehead atoms. The highest BCUT2D eigenvalue weighted by Gasteiger charge is 2.49. The lowest BCUT2D eigenvalue weighted by atomic mass is 10.0. The van der Waals surface area contributed by atoms with Crippen LogP contribution in [0.1, 0.15) is 28.9 Å². The Morgan fingerprint density at radius 3 is 2.27 bits per heavy atom. The number of carboxylic acid groups (broad SMARTS) is 1. The lowest BCUT2D eigenvalue weighted by Gasteiger charge is -2.13. The number of carbonyl (C=O) groups is 1. The van der Waals surface area contributed by atoms with Crippen molar-refractivity contribution in [2.24, 2.45) is 0 Å². The van der Waals surface area contributed by atoms with Crippen molar-refractivity contribution >= 4 is 22.6 Å². The SMILES string of the molecule is Nc1c(F)c(F)c(F)c2[nH]c(C3(F)CC3)c(C(=O)O)c(=O)c12.